The first-order valence-corrected chi connectivity index (χ1v) is 25.3. The summed E-state index contributed by atoms with van der Waals surface area (Å²) < 4.78 is 67.2. The van der Waals surface area contributed by atoms with Crippen molar-refractivity contribution in [2.24, 2.45) is 29.6 Å². The number of carbonyl (C=O) groups excluding carboxylic acids is 4. The summed E-state index contributed by atoms with van der Waals surface area (Å²) in [5.74, 6) is -1.61. The van der Waals surface area contributed by atoms with Gasteiger partial charge in [-0.15, -0.1) is 0 Å². The highest BCUT2D eigenvalue weighted by atomic mass is 32.2. The van der Waals surface area contributed by atoms with Crippen LogP contribution in [0.1, 0.15) is 98.8 Å². The fourth-order valence-electron chi connectivity index (χ4n) is 10.4. The van der Waals surface area contributed by atoms with Crippen LogP contribution in [-0.4, -0.2) is 96.5 Å². The van der Waals surface area contributed by atoms with Crippen molar-refractivity contribution >= 4 is 44.6 Å². The Balaban J connectivity index is 1.06. The minimum Gasteiger partial charge on any atom is -0.494 e. The normalized spacial score (nSPS) is 31.5. The van der Waals surface area contributed by atoms with Gasteiger partial charge in [0, 0.05) is 23.3 Å². The molecule has 3 N–H and O–H groups in total. The molecular formula is C50H62FN5O10S. The van der Waals surface area contributed by atoms with Gasteiger partial charge in [0.15, 0.2) is 11.6 Å². The standard InChI is InChI=1S/C50H62FN5O10S/c1-27(2)64-35-13-11-30(12-14-35)40-21-33-22-42(63-6)39(51)24-38(33)45(52-40)65-37-23-41-44(57)54-50(47(59)55-67(61,62)49(5)15-16-49)25-34(50)10-8-7-9-28(3)17-29(4)43(46(58)56(41)26-37)53-48(60)66-36-19-31-18-32(31)20-36/h8,10-14,21-22,24,27-29,31-32,34,36-37,41,43H,7,9,15-20,23,25-26H2,1-6H3,(H,53,60)(H,54,57)(H,55,59)/b10-8-/t28-,29+,31-,32+,34+,36?,37+,41-,43-,50+/m0/s1. The number of aromatic nitrogens is 1. The molecule has 0 radical (unpaired) electrons. The van der Waals surface area contributed by atoms with Gasteiger partial charge in [-0.2, -0.15) is 0 Å². The highest BCUT2D eigenvalue weighted by Crippen LogP contribution is 2.53. The SMILES string of the molecule is COc1cc2cc(-c3ccc(OC(C)C)cc3)nc(O[C@@H]3C[C@H]4C(=O)N[C@]5(C(=O)NS(=O)(=O)C6(C)CC6)C[C@H]5/C=C\CC[C@H](C)C[C@@H](C)[C@H](NC(=O)OC5C[C@@H]6C[C@@H]6C5)C(=O)N4C3)c2cc1F. The van der Waals surface area contributed by atoms with Gasteiger partial charge < -0.3 is 34.5 Å². The van der Waals surface area contributed by atoms with E-state index < -0.39 is 74.0 Å². The van der Waals surface area contributed by atoms with E-state index in [-0.39, 0.29) is 55.1 Å². The Morgan fingerprint density at radius 2 is 1.72 bits per heavy atom. The Morgan fingerprint density at radius 1 is 0.985 bits per heavy atom. The molecule has 4 aliphatic carbocycles. The molecule has 6 aliphatic rings. The van der Waals surface area contributed by atoms with E-state index in [0.717, 1.165) is 25.7 Å². The number of halogens is 1. The van der Waals surface area contributed by atoms with Crippen molar-refractivity contribution in [3.8, 4) is 28.6 Å². The monoisotopic (exact) mass is 943 g/mol. The first-order valence-electron chi connectivity index (χ1n) is 23.8. The van der Waals surface area contributed by atoms with Gasteiger partial charge >= 0.3 is 6.09 Å². The van der Waals surface area contributed by atoms with Crippen molar-refractivity contribution in [2.75, 3.05) is 13.7 Å². The number of allylic oxidation sites excluding steroid dienone is 1. The smallest absolute Gasteiger partial charge is 0.408 e. The number of benzene rings is 2. The third-order valence-electron chi connectivity index (χ3n) is 14.9. The second kappa shape index (κ2) is 17.9. The molecule has 360 valence electrons. The number of ether oxygens (including phenoxy) is 4. The second-order valence-corrected chi connectivity index (χ2v) is 22.7. The molecular weight excluding hydrogens is 882 g/mol. The Labute approximate surface area is 391 Å². The fraction of sp³-hybridized carbons (Fsp3) is 0.580. The van der Waals surface area contributed by atoms with Crippen LogP contribution in [0.5, 0.6) is 17.4 Å². The van der Waals surface area contributed by atoms with Gasteiger partial charge in [-0.3, -0.25) is 19.1 Å². The largest absolute Gasteiger partial charge is 0.494 e. The summed E-state index contributed by atoms with van der Waals surface area (Å²) >= 11 is 0. The molecule has 2 aromatic carbocycles. The molecule has 17 heteroatoms. The van der Waals surface area contributed by atoms with Gasteiger partial charge in [-0.1, -0.05) is 26.0 Å². The summed E-state index contributed by atoms with van der Waals surface area (Å²) in [6, 6.07) is 9.64. The van der Waals surface area contributed by atoms with Gasteiger partial charge in [-0.25, -0.2) is 22.6 Å². The van der Waals surface area contributed by atoms with Crippen LogP contribution in [0.2, 0.25) is 0 Å². The lowest BCUT2D eigenvalue weighted by atomic mass is 9.88. The molecule has 10 atom stereocenters. The number of nitrogens with one attached hydrogen (secondary N) is 3. The van der Waals surface area contributed by atoms with Crippen LogP contribution in [0.3, 0.4) is 0 Å². The maximum absolute atomic E-state index is 15.5. The Hall–Kier alpha value is -5.45. The average molecular weight is 944 g/mol. The summed E-state index contributed by atoms with van der Waals surface area (Å²) in [4.78, 5) is 64.1. The number of pyridine rings is 1. The minimum atomic E-state index is -4.06. The van der Waals surface area contributed by atoms with E-state index in [4.69, 9.17) is 23.9 Å². The number of carbonyl (C=O) groups is 4. The third kappa shape index (κ3) is 9.66. The third-order valence-corrected chi connectivity index (χ3v) is 17.0. The number of hydrogen-bond acceptors (Lipinski definition) is 11. The highest BCUT2D eigenvalue weighted by molar-refractivity contribution is 7.91. The van der Waals surface area contributed by atoms with Crippen LogP contribution in [-0.2, 0) is 29.1 Å². The van der Waals surface area contributed by atoms with E-state index in [0.29, 0.717) is 65.3 Å². The van der Waals surface area contributed by atoms with E-state index in [9.17, 15) is 22.8 Å². The van der Waals surface area contributed by atoms with Crippen molar-refractivity contribution in [1.82, 2.24) is 25.2 Å². The molecule has 0 bridgehead atoms. The molecule has 9 rings (SSSR count). The molecule has 1 aromatic heterocycles. The topological polar surface area (TPSA) is 192 Å². The molecule has 0 spiro atoms. The maximum Gasteiger partial charge on any atom is 0.408 e. The van der Waals surface area contributed by atoms with Crippen LogP contribution in [0.15, 0.2) is 54.6 Å². The van der Waals surface area contributed by atoms with Gasteiger partial charge in [0.1, 0.15) is 35.6 Å². The lowest BCUT2D eigenvalue weighted by Crippen LogP contribution is -2.59. The summed E-state index contributed by atoms with van der Waals surface area (Å²) in [7, 11) is -2.68. The van der Waals surface area contributed by atoms with Crippen LogP contribution in [0, 0.1) is 35.4 Å². The van der Waals surface area contributed by atoms with Gasteiger partial charge in [0.05, 0.1) is 30.2 Å². The zero-order valence-electron chi connectivity index (χ0n) is 39.0. The first-order chi connectivity index (χ1) is 31.8. The van der Waals surface area contributed by atoms with E-state index in [1.54, 1.807) is 19.1 Å². The number of hydrogen-bond donors (Lipinski definition) is 3. The Kier molecular flexibility index (Phi) is 12.5. The molecule has 1 unspecified atom stereocenters. The predicted octanol–water partition coefficient (Wildman–Crippen LogP) is 6.96. The van der Waals surface area contributed by atoms with Gasteiger partial charge in [0.25, 0.3) is 5.91 Å². The molecule has 4 amide bonds. The molecule has 2 aliphatic heterocycles. The summed E-state index contributed by atoms with van der Waals surface area (Å²) in [5, 5.41) is 6.71. The highest BCUT2D eigenvalue weighted by Gasteiger charge is 2.63. The van der Waals surface area contributed by atoms with Crippen molar-refractivity contribution in [3.63, 3.8) is 0 Å². The molecule has 1 saturated heterocycles. The maximum atomic E-state index is 15.5. The molecule has 3 aromatic rings. The first kappa shape index (κ1) is 46.7. The quantitative estimate of drug-likeness (QED) is 0.168. The zero-order chi connectivity index (χ0) is 47.6. The average Bonchev–Trinajstić information content (AvgIpc) is 4.23. The molecule has 4 saturated carbocycles. The lowest BCUT2D eigenvalue weighted by Gasteiger charge is -2.33. The second-order valence-electron chi connectivity index (χ2n) is 20.5. The number of rotatable bonds is 11. The fourth-order valence-corrected chi connectivity index (χ4v) is 11.7. The van der Waals surface area contributed by atoms with Crippen molar-refractivity contribution in [1.29, 1.82) is 0 Å². The van der Waals surface area contributed by atoms with E-state index >= 15 is 9.18 Å². The number of nitrogens with zero attached hydrogens (tertiary/aromatic N) is 2. The van der Waals surface area contributed by atoms with Crippen molar-refractivity contribution < 1.29 is 50.9 Å². The van der Waals surface area contributed by atoms with Crippen LogP contribution < -0.4 is 29.6 Å². The molecule has 15 nitrogen and oxygen atoms in total. The Morgan fingerprint density at radius 3 is 2.40 bits per heavy atom. The number of amides is 4. The van der Waals surface area contributed by atoms with Gasteiger partial charge in [0.2, 0.25) is 27.7 Å². The summed E-state index contributed by atoms with van der Waals surface area (Å²) in [6.45, 7) is 9.29. The minimum absolute atomic E-state index is 0.0146. The van der Waals surface area contributed by atoms with E-state index in [2.05, 4.69) is 22.3 Å². The van der Waals surface area contributed by atoms with Crippen molar-refractivity contribution in [2.45, 2.75) is 140 Å². The van der Waals surface area contributed by atoms with Crippen molar-refractivity contribution in [3.05, 3.63) is 60.4 Å². The molecule has 67 heavy (non-hydrogen) atoms. The van der Waals surface area contributed by atoms with Gasteiger partial charge in [-0.05, 0) is 150 Å². The van der Waals surface area contributed by atoms with Crippen LogP contribution >= 0.6 is 0 Å². The van der Waals surface area contributed by atoms with E-state index in [1.807, 2.05) is 57.2 Å². The van der Waals surface area contributed by atoms with E-state index in [1.165, 1.54) is 18.1 Å². The summed E-state index contributed by atoms with van der Waals surface area (Å²) in [6.07, 6.45) is 7.54. The number of fused-ring (bicyclic) bond motifs is 4. The van der Waals surface area contributed by atoms with Crippen LogP contribution in [0.25, 0.3) is 22.0 Å². The van der Waals surface area contributed by atoms with Crippen LogP contribution in [0.4, 0.5) is 9.18 Å². The zero-order valence-corrected chi connectivity index (χ0v) is 39.8. The Bertz CT molecular complexity index is 2580. The number of methoxy groups -OCH3 is 1. The summed E-state index contributed by atoms with van der Waals surface area (Å²) in [5.41, 5.74) is -0.386. The lowest BCUT2D eigenvalue weighted by molar-refractivity contribution is -0.142. The molecule has 5 fully saturated rings. The predicted molar refractivity (Wildman–Crippen MR) is 247 cm³/mol. The molecule has 3 heterocycles. The number of sulfonamides is 1. The number of alkyl carbamates (subject to hydrolysis) is 1.